The molecular weight excluding hydrogens is 211 g/mol. The van der Waals surface area contributed by atoms with E-state index in [9.17, 15) is 0 Å². The lowest BCUT2D eigenvalue weighted by Gasteiger charge is -2.08. The van der Waals surface area contributed by atoms with Crippen LogP contribution in [0, 0.1) is 0 Å². The summed E-state index contributed by atoms with van der Waals surface area (Å²) in [5, 5.41) is 9.23. The summed E-state index contributed by atoms with van der Waals surface area (Å²) < 4.78 is 0. The third kappa shape index (κ3) is 3.81. The Kier molecular flexibility index (Phi) is 5.06. The molecule has 0 atom stereocenters. The molecule has 0 aliphatic carbocycles. The average molecular weight is 223 g/mol. The molecule has 1 heterocycles. The van der Waals surface area contributed by atoms with Crippen molar-refractivity contribution >= 4 is 24.0 Å². The number of halogens is 2. The van der Waals surface area contributed by atoms with Gasteiger partial charge in [0, 0.05) is 6.54 Å². The Morgan fingerprint density at radius 2 is 2.08 bits per heavy atom. The van der Waals surface area contributed by atoms with Gasteiger partial charge in [-0.1, -0.05) is 11.6 Å². The molecule has 5 heteroatoms. The lowest BCUT2D eigenvalue weighted by Crippen LogP contribution is -2.11. The van der Waals surface area contributed by atoms with Crippen LogP contribution < -0.4 is 0 Å². The van der Waals surface area contributed by atoms with Gasteiger partial charge in [0.05, 0.1) is 5.69 Å². The molecule has 0 aliphatic heterocycles. The largest absolute Gasteiger partial charge is 0.505 e. The summed E-state index contributed by atoms with van der Waals surface area (Å²) in [6.07, 6.45) is 0. The fraction of sp³-hybridized carbons (Fsp3) is 0.375. The number of pyridine rings is 1. The Balaban J connectivity index is 0.00000144. The molecule has 0 spiro atoms. The molecule has 1 N–H and O–H groups in total. The van der Waals surface area contributed by atoms with E-state index in [4.69, 9.17) is 16.7 Å². The normalized spacial score (nSPS) is 9.85. The van der Waals surface area contributed by atoms with E-state index in [0.717, 1.165) is 12.2 Å². The second kappa shape index (κ2) is 5.27. The average Bonchev–Trinajstić information content (AvgIpc) is 1.96. The molecule has 1 rings (SSSR count). The first-order valence-corrected chi connectivity index (χ1v) is 3.96. The number of hydrogen-bond donors (Lipinski definition) is 1. The smallest absolute Gasteiger partial charge is 0.171 e. The maximum Gasteiger partial charge on any atom is 0.171 e. The minimum atomic E-state index is 0. The highest BCUT2D eigenvalue weighted by molar-refractivity contribution is 6.30. The van der Waals surface area contributed by atoms with Gasteiger partial charge in [-0.3, -0.25) is 0 Å². The van der Waals surface area contributed by atoms with Gasteiger partial charge in [-0.15, -0.1) is 12.4 Å². The highest BCUT2D eigenvalue weighted by Gasteiger charge is 2.01. The number of aromatic nitrogens is 1. The monoisotopic (exact) mass is 222 g/mol. The molecular formula is C8H12Cl2N2O. The number of hydrogen-bond acceptors (Lipinski definition) is 3. The fourth-order valence-electron chi connectivity index (χ4n) is 0.877. The molecule has 0 amide bonds. The van der Waals surface area contributed by atoms with Crippen LogP contribution in [0.15, 0.2) is 12.1 Å². The SMILES string of the molecule is CN(C)Cc1ccc(O)c(Cl)n1.Cl. The zero-order valence-electron chi connectivity index (χ0n) is 7.49. The lowest BCUT2D eigenvalue weighted by molar-refractivity contribution is 0.395. The van der Waals surface area contributed by atoms with Gasteiger partial charge in [-0.05, 0) is 26.2 Å². The van der Waals surface area contributed by atoms with Crippen LogP contribution in [0.2, 0.25) is 5.15 Å². The van der Waals surface area contributed by atoms with Crippen molar-refractivity contribution in [2.24, 2.45) is 0 Å². The standard InChI is InChI=1S/C8H11ClN2O.ClH/c1-11(2)5-6-3-4-7(12)8(9)10-6;/h3-4,12H,5H2,1-2H3;1H. The van der Waals surface area contributed by atoms with E-state index in [1.165, 1.54) is 0 Å². The molecule has 0 saturated carbocycles. The second-order valence-corrected chi connectivity index (χ2v) is 3.21. The van der Waals surface area contributed by atoms with Crippen LogP contribution in [0.3, 0.4) is 0 Å². The zero-order chi connectivity index (χ0) is 9.14. The van der Waals surface area contributed by atoms with Crippen LogP contribution in [0.4, 0.5) is 0 Å². The van der Waals surface area contributed by atoms with E-state index >= 15 is 0 Å². The van der Waals surface area contributed by atoms with Crippen LogP contribution in [-0.2, 0) is 6.54 Å². The van der Waals surface area contributed by atoms with Crippen molar-refractivity contribution < 1.29 is 5.11 Å². The van der Waals surface area contributed by atoms with Crippen molar-refractivity contribution in [3.05, 3.63) is 23.0 Å². The van der Waals surface area contributed by atoms with Crippen molar-refractivity contribution in [3.63, 3.8) is 0 Å². The van der Waals surface area contributed by atoms with Crippen molar-refractivity contribution in [3.8, 4) is 5.75 Å². The molecule has 1 aromatic rings. The molecule has 13 heavy (non-hydrogen) atoms. The molecule has 0 aromatic carbocycles. The summed E-state index contributed by atoms with van der Waals surface area (Å²) in [4.78, 5) is 5.97. The van der Waals surface area contributed by atoms with Crippen LogP contribution in [-0.4, -0.2) is 29.1 Å². The van der Waals surface area contributed by atoms with E-state index in [0.29, 0.717) is 0 Å². The number of aromatic hydroxyl groups is 1. The summed E-state index contributed by atoms with van der Waals surface area (Å²) in [5.41, 5.74) is 0.850. The third-order valence-corrected chi connectivity index (χ3v) is 1.64. The number of rotatable bonds is 2. The molecule has 1 aromatic heterocycles. The van der Waals surface area contributed by atoms with E-state index in [2.05, 4.69) is 4.98 Å². The third-order valence-electron chi connectivity index (χ3n) is 1.36. The first-order valence-electron chi connectivity index (χ1n) is 3.58. The quantitative estimate of drug-likeness (QED) is 0.778. The van der Waals surface area contributed by atoms with Gasteiger partial charge >= 0.3 is 0 Å². The Hall–Kier alpha value is -0.510. The summed E-state index contributed by atoms with van der Waals surface area (Å²) in [6.45, 7) is 0.722. The van der Waals surface area contributed by atoms with E-state index in [-0.39, 0.29) is 23.3 Å². The van der Waals surface area contributed by atoms with Crippen LogP contribution in [0.25, 0.3) is 0 Å². The highest BCUT2D eigenvalue weighted by Crippen LogP contribution is 2.19. The molecule has 0 bridgehead atoms. The van der Waals surface area contributed by atoms with Gasteiger partial charge < -0.3 is 10.0 Å². The predicted octanol–water partition coefficient (Wildman–Crippen LogP) is 1.92. The molecule has 3 nitrogen and oxygen atoms in total. The summed E-state index contributed by atoms with van der Waals surface area (Å²) in [7, 11) is 3.89. The van der Waals surface area contributed by atoms with Crippen molar-refractivity contribution in [2.75, 3.05) is 14.1 Å². The van der Waals surface area contributed by atoms with E-state index in [1.807, 2.05) is 19.0 Å². The van der Waals surface area contributed by atoms with Gasteiger partial charge in [0.25, 0.3) is 0 Å². The lowest BCUT2D eigenvalue weighted by atomic mass is 10.3. The minimum absolute atomic E-state index is 0. The first kappa shape index (κ1) is 12.5. The maximum atomic E-state index is 9.07. The molecule has 0 radical (unpaired) electrons. The molecule has 0 aliphatic rings. The number of nitrogens with zero attached hydrogens (tertiary/aromatic N) is 2. The van der Waals surface area contributed by atoms with Crippen molar-refractivity contribution in [1.29, 1.82) is 0 Å². The Bertz CT molecular complexity index is 279. The summed E-state index contributed by atoms with van der Waals surface area (Å²) in [5.74, 6) is 0.0270. The van der Waals surface area contributed by atoms with Crippen LogP contribution >= 0.6 is 24.0 Å². The van der Waals surface area contributed by atoms with Crippen molar-refractivity contribution in [2.45, 2.75) is 6.54 Å². The molecule has 0 unspecified atom stereocenters. The topological polar surface area (TPSA) is 36.4 Å². The van der Waals surface area contributed by atoms with E-state index in [1.54, 1.807) is 12.1 Å². The highest BCUT2D eigenvalue weighted by atomic mass is 35.5. The summed E-state index contributed by atoms with van der Waals surface area (Å²) in [6, 6.07) is 3.30. The molecule has 74 valence electrons. The Morgan fingerprint density at radius 1 is 1.46 bits per heavy atom. The minimum Gasteiger partial charge on any atom is -0.505 e. The van der Waals surface area contributed by atoms with E-state index < -0.39 is 0 Å². The second-order valence-electron chi connectivity index (χ2n) is 2.85. The zero-order valence-corrected chi connectivity index (χ0v) is 9.06. The maximum absolute atomic E-state index is 9.07. The molecule has 0 fully saturated rings. The predicted molar refractivity (Wildman–Crippen MR) is 55.6 cm³/mol. The Morgan fingerprint density at radius 3 is 2.54 bits per heavy atom. The van der Waals surface area contributed by atoms with Gasteiger partial charge in [0.2, 0.25) is 0 Å². The van der Waals surface area contributed by atoms with Gasteiger partial charge in [0.1, 0.15) is 0 Å². The van der Waals surface area contributed by atoms with Gasteiger partial charge in [-0.2, -0.15) is 0 Å². The molecule has 0 saturated heterocycles. The van der Waals surface area contributed by atoms with Gasteiger partial charge in [-0.25, -0.2) is 4.98 Å². The Labute approximate surface area is 88.8 Å². The van der Waals surface area contributed by atoms with Crippen LogP contribution in [0.5, 0.6) is 5.75 Å². The van der Waals surface area contributed by atoms with Crippen LogP contribution in [0.1, 0.15) is 5.69 Å². The van der Waals surface area contributed by atoms with Crippen molar-refractivity contribution in [1.82, 2.24) is 9.88 Å². The van der Waals surface area contributed by atoms with Gasteiger partial charge in [0.15, 0.2) is 10.9 Å². The summed E-state index contributed by atoms with van der Waals surface area (Å²) >= 11 is 5.62. The fourth-order valence-corrected chi connectivity index (χ4v) is 1.05. The first-order chi connectivity index (χ1) is 5.59.